The fourth-order valence-electron chi connectivity index (χ4n) is 2.33. The van der Waals surface area contributed by atoms with E-state index in [9.17, 15) is 9.59 Å². The zero-order valence-electron chi connectivity index (χ0n) is 13.6. The summed E-state index contributed by atoms with van der Waals surface area (Å²) >= 11 is 0. The van der Waals surface area contributed by atoms with Crippen LogP contribution in [-0.2, 0) is 0 Å². The summed E-state index contributed by atoms with van der Waals surface area (Å²) in [5.74, 6) is 0.0374. The summed E-state index contributed by atoms with van der Waals surface area (Å²) in [7, 11) is 0. The second-order valence-electron chi connectivity index (χ2n) is 6.86. The normalized spacial score (nSPS) is 15.6. The molecule has 120 valence electrons. The zero-order valence-corrected chi connectivity index (χ0v) is 13.6. The number of nitrogens with zero attached hydrogens (tertiary/aromatic N) is 2. The Morgan fingerprint density at radius 3 is 2.09 bits per heavy atom. The first-order chi connectivity index (χ1) is 10.4. The third-order valence-electron chi connectivity index (χ3n) is 3.64. The lowest BCUT2D eigenvalue weighted by molar-refractivity contribution is 0.0664. The van der Waals surface area contributed by atoms with Crippen LogP contribution < -0.4 is 5.32 Å². The molecule has 0 unspecified atom stereocenters. The summed E-state index contributed by atoms with van der Waals surface area (Å²) in [6, 6.07) is 9.23. The molecule has 1 aromatic rings. The molecule has 1 aliphatic heterocycles. The molecular formula is C17H25N3O2. The van der Waals surface area contributed by atoms with Crippen LogP contribution in [0.15, 0.2) is 30.3 Å². The van der Waals surface area contributed by atoms with E-state index in [1.54, 1.807) is 4.90 Å². The summed E-state index contributed by atoms with van der Waals surface area (Å²) in [6.07, 6.45) is 0. The third kappa shape index (κ3) is 4.48. The van der Waals surface area contributed by atoms with E-state index in [2.05, 4.69) is 26.1 Å². The molecule has 0 atom stereocenters. The van der Waals surface area contributed by atoms with Crippen LogP contribution in [0.4, 0.5) is 4.79 Å². The van der Waals surface area contributed by atoms with Crippen molar-refractivity contribution in [3.05, 3.63) is 35.9 Å². The fourth-order valence-corrected chi connectivity index (χ4v) is 2.33. The standard InChI is InChI=1S/C17H25N3O2/c1-17(2,3)13-18-16(22)20-11-9-19(10-12-20)15(21)14-7-5-4-6-8-14/h4-8H,9-13H2,1-3H3,(H,18,22). The maximum atomic E-state index is 12.3. The van der Waals surface area contributed by atoms with Gasteiger partial charge >= 0.3 is 6.03 Å². The lowest BCUT2D eigenvalue weighted by Crippen LogP contribution is -2.53. The second-order valence-corrected chi connectivity index (χ2v) is 6.86. The Morgan fingerprint density at radius 2 is 1.55 bits per heavy atom. The van der Waals surface area contributed by atoms with E-state index in [1.807, 2.05) is 35.2 Å². The molecule has 0 radical (unpaired) electrons. The number of carbonyl (C=O) groups is 2. The second kappa shape index (κ2) is 6.81. The third-order valence-corrected chi connectivity index (χ3v) is 3.64. The van der Waals surface area contributed by atoms with Gasteiger partial charge in [-0.25, -0.2) is 4.79 Å². The molecular weight excluding hydrogens is 278 g/mol. The van der Waals surface area contributed by atoms with Crippen molar-refractivity contribution in [2.24, 2.45) is 5.41 Å². The zero-order chi connectivity index (χ0) is 16.2. The minimum Gasteiger partial charge on any atom is -0.337 e. The van der Waals surface area contributed by atoms with Crippen LogP contribution in [0.25, 0.3) is 0 Å². The number of urea groups is 1. The summed E-state index contributed by atoms with van der Waals surface area (Å²) < 4.78 is 0. The van der Waals surface area contributed by atoms with Crippen molar-refractivity contribution >= 4 is 11.9 Å². The van der Waals surface area contributed by atoms with E-state index in [0.29, 0.717) is 38.3 Å². The Kier molecular flexibility index (Phi) is 5.06. The number of hydrogen-bond donors (Lipinski definition) is 1. The lowest BCUT2D eigenvalue weighted by atomic mass is 9.97. The van der Waals surface area contributed by atoms with Crippen LogP contribution in [0.5, 0.6) is 0 Å². The van der Waals surface area contributed by atoms with Crippen LogP contribution in [0.2, 0.25) is 0 Å². The quantitative estimate of drug-likeness (QED) is 0.910. The molecule has 5 heteroatoms. The van der Waals surface area contributed by atoms with Gasteiger partial charge in [-0.1, -0.05) is 39.0 Å². The molecule has 0 aromatic heterocycles. The van der Waals surface area contributed by atoms with Gasteiger partial charge in [0.15, 0.2) is 0 Å². The molecule has 5 nitrogen and oxygen atoms in total. The lowest BCUT2D eigenvalue weighted by Gasteiger charge is -2.35. The van der Waals surface area contributed by atoms with Crippen LogP contribution in [-0.4, -0.2) is 54.5 Å². The first-order valence-electron chi connectivity index (χ1n) is 7.74. The van der Waals surface area contributed by atoms with Gasteiger partial charge in [0.05, 0.1) is 0 Å². The van der Waals surface area contributed by atoms with Crippen molar-refractivity contribution in [1.29, 1.82) is 0 Å². The van der Waals surface area contributed by atoms with Gasteiger partial charge in [0.2, 0.25) is 0 Å². The molecule has 0 saturated carbocycles. The highest BCUT2D eigenvalue weighted by Gasteiger charge is 2.25. The van der Waals surface area contributed by atoms with Gasteiger partial charge in [-0.05, 0) is 17.5 Å². The number of rotatable bonds is 2. The van der Waals surface area contributed by atoms with Crippen LogP contribution in [0.3, 0.4) is 0 Å². The van der Waals surface area contributed by atoms with Crippen LogP contribution in [0.1, 0.15) is 31.1 Å². The highest BCUT2D eigenvalue weighted by atomic mass is 16.2. The molecule has 0 aliphatic carbocycles. The number of hydrogen-bond acceptors (Lipinski definition) is 2. The van der Waals surface area contributed by atoms with Crippen molar-refractivity contribution in [3.8, 4) is 0 Å². The number of amides is 3. The predicted molar refractivity (Wildman–Crippen MR) is 86.8 cm³/mol. The number of nitrogens with one attached hydrogen (secondary N) is 1. The summed E-state index contributed by atoms with van der Waals surface area (Å²) in [5.41, 5.74) is 0.772. The van der Waals surface area contributed by atoms with E-state index >= 15 is 0 Å². The van der Waals surface area contributed by atoms with Crippen molar-refractivity contribution in [2.75, 3.05) is 32.7 Å². The van der Waals surface area contributed by atoms with Crippen molar-refractivity contribution in [2.45, 2.75) is 20.8 Å². The minimum absolute atomic E-state index is 0.0374. The molecule has 1 fully saturated rings. The highest BCUT2D eigenvalue weighted by molar-refractivity contribution is 5.94. The SMILES string of the molecule is CC(C)(C)CNC(=O)N1CCN(C(=O)c2ccccc2)CC1. The Hall–Kier alpha value is -2.04. The molecule has 1 N–H and O–H groups in total. The van der Waals surface area contributed by atoms with E-state index < -0.39 is 0 Å². The van der Waals surface area contributed by atoms with E-state index in [0.717, 1.165) is 0 Å². The summed E-state index contributed by atoms with van der Waals surface area (Å²) in [6.45, 7) is 9.22. The molecule has 2 rings (SSSR count). The number of benzene rings is 1. The van der Waals surface area contributed by atoms with Crippen molar-refractivity contribution in [3.63, 3.8) is 0 Å². The van der Waals surface area contributed by atoms with E-state index in [4.69, 9.17) is 0 Å². The van der Waals surface area contributed by atoms with Crippen LogP contribution >= 0.6 is 0 Å². The molecule has 1 saturated heterocycles. The molecule has 3 amide bonds. The van der Waals surface area contributed by atoms with Crippen molar-refractivity contribution < 1.29 is 9.59 Å². The Morgan fingerprint density at radius 1 is 1.00 bits per heavy atom. The maximum absolute atomic E-state index is 12.3. The Labute approximate surface area is 132 Å². The van der Waals surface area contributed by atoms with E-state index in [1.165, 1.54) is 0 Å². The molecule has 1 aliphatic rings. The van der Waals surface area contributed by atoms with Gasteiger partial charge < -0.3 is 15.1 Å². The highest BCUT2D eigenvalue weighted by Crippen LogP contribution is 2.12. The van der Waals surface area contributed by atoms with Crippen molar-refractivity contribution in [1.82, 2.24) is 15.1 Å². The van der Waals surface area contributed by atoms with Gasteiger partial charge in [-0.2, -0.15) is 0 Å². The topological polar surface area (TPSA) is 52.7 Å². The Bertz CT molecular complexity index is 514. The molecule has 1 heterocycles. The monoisotopic (exact) mass is 303 g/mol. The molecule has 0 bridgehead atoms. The molecule has 1 aromatic carbocycles. The van der Waals surface area contributed by atoms with Gasteiger partial charge in [0.1, 0.15) is 0 Å². The Balaban J connectivity index is 1.83. The average molecular weight is 303 g/mol. The largest absolute Gasteiger partial charge is 0.337 e. The van der Waals surface area contributed by atoms with Gasteiger partial charge in [-0.15, -0.1) is 0 Å². The van der Waals surface area contributed by atoms with E-state index in [-0.39, 0.29) is 17.4 Å². The van der Waals surface area contributed by atoms with Gasteiger partial charge in [0.25, 0.3) is 5.91 Å². The number of carbonyl (C=O) groups excluding carboxylic acids is 2. The number of piperazine rings is 1. The maximum Gasteiger partial charge on any atom is 0.317 e. The molecule has 22 heavy (non-hydrogen) atoms. The average Bonchev–Trinajstić information content (AvgIpc) is 2.52. The smallest absolute Gasteiger partial charge is 0.317 e. The summed E-state index contributed by atoms with van der Waals surface area (Å²) in [5, 5.41) is 2.95. The minimum atomic E-state index is -0.0401. The predicted octanol–water partition coefficient (Wildman–Crippen LogP) is 2.20. The van der Waals surface area contributed by atoms with Crippen LogP contribution in [0, 0.1) is 5.41 Å². The molecule has 0 spiro atoms. The van der Waals surface area contributed by atoms with Gasteiger partial charge in [0, 0.05) is 38.3 Å². The first kappa shape index (κ1) is 16.3. The fraction of sp³-hybridized carbons (Fsp3) is 0.529. The summed E-state index contributed by atoms with van der Waals surface area (Å²) in [4.78, 5) is 28.0. The van der Waals surface area contributed by atoms with Gasteiger partial charge in [-0.3, -0.25) is 4.79 Å². The first-order valence-corrected chi connectivity index (χ1v) is 7.74.